The molecule has 2 aromatic heterocycles. The van der Waals surface area contributed by atoms with E-state index in [-0.39, 0.29) is 29.6 Å². The number of amides is 1. The lowest BCUT2D eigenvalue weighted by atomic mass is 10.1. The molecule has 22 heavy (non-hydrogen) atoms. The van der Waals surface area contributed by atoms with Crippen LogP contribution in [0.15, 0.2) is 35.4 Å². The molecule has 1 fully saturated rings. The van der Waals surface area contributed by atoms with E-state index in [0.717, 1.165) is 0 Å². The molecule has 7 nitrogen and oxygen atoms in total. The Morgan fingerprint density at radius 2 is 2.32 bits per heavy atom. The van der Waals surface area contributed by atoms with Gasteiger partial charge in [-0.2, -0.15) is 0 Å². The van der Waals surface area contributed by atoms with E-state index in [9.17, 15) is 14.7 Å². The monoisotopic (exact) mass is 303 g/mol. The number of aromatic nitrogens is 2. The first-order valence-corrected chi connectivity index (χ1v) is 7.15. The van der Waals surface area contributed by atoms with Crippen molar-refractivity contribution in [2.24, 2.45) is 5.92 Å². The molecule has 0 radical (unpaired) electrons. The summed E-state index contributed by atoms with van der Waals surface area (Å²) in [5.41, 5.74) is 0.139. The van der Waals surface area contributed by atoms with Crippen molar-refractivity contribution >= 4 is 11.6 Å². The number of aliphatic hydroxyl groups excluding tert-OH is 1. The Morgan fingerprint density at radius 1 is 1.45 bits per heavy atom. The molecule has 0 aliphatic carbocycles. The third kappa shape index (κ3) is 2.72. The van der Waals surface area contributed by atoms with E-state index < -0.39 is 0 Å². The zero-order valence-corrected chi connectivity index (χ0v) is 12.0. The van der Waals surface area contributed by atoms with E-state index in [2.05, 4.69) is 4.98 Å². The van der Waals surface area contributed by atoms with Crippen LogP contribution in [0.1, 0.15) is 10.4 Å². The summed E-state index contributed by atoms with van der Waals surface area (Å²) in [6.07, 6.45) is 2.91. The number of hydrogen-bond acceptors (Lipinski definition) is 5. The normalized spacial score (nSPS) is 19.1. The maximum absolute atomic E-state index is 12.6. The topological polar surface area (TPSA) is 84.1 Å². The van der Waals surface area contributed by atoms with Crippen molar-refractivity contribution in [2.75, 3.05) is 32.9 Å². The summed E-state index contributed by atoms with van der Waals surface area (Å²) in [5, 5.41) is 9.29. The van der Waals surface area contributed by atoms with Crippen LogP contribution in [-0.2, 0) is 4.74 Å². The van der Waals surface area contributed by atoms with Crippen LogP contribution in [0.5, 0.6) is 0 Å². The summed E-state index contributed by atoms with van der Waals surface area (Å²) in [6, 6.07) is 5.20. The zero-order valence-electron chi connectivity index (χ0n) is 12.0. The van der Waals surface area contributed by atoms with Gasteiger partial charge in [-0.1, -0.05) is 6.07 Å². The van der Waals surface area contributed by atoms with Crippen LogP contribution >= 0.6 is 0 Å². The average Bonchev–Trinajstić information content (AvgIpc) is 2.80. The second kappa shape index (κ2) is 6.25. The highest BCUT2D eigenvalue weighted by atomic mass is 16.5. The van der Waals surface area contributed by atoms with Gasteiger partial charge in [0.25, 0.3) is 11.5 Å². The van der Waals surface area contributed by atoms with Gasteiger partial charge in [-0.25, -0.2) is 4.98 Å². The van der Waals surface area contributed by atoms with E-state index in [4.69, 9.17) is 4.74 Å². The molecule has 0 spiro atoms. The summed E-state index contributed by atoms with van der Waals surface area (Å²) in [7, 11) is 0. The fourth-order valence-electron chi connectivity index (χ4n) is 2.52. The zero-order chi connectivity index (χ0) is 15.5. The van der Waals surface area contributed by atoms with Gasteiger partial charge in [-0.05, 0) is 12.1 Å². The summed E-state index contributed by atoms with van der Waals surface area (Å²) in [4.78, 5) is 30.8. The fourth-order valence-corrected chi connectivity index (χ4v) is 2.52. The van der Waals surface area contributed by atoms with Gasteiger partial charge in [-0.3, -0.25) is 14.0 Å². The Labute approximate surface area is 126 Å². The predicted molar refractivity (Wildman–Crippen MR) is 78.8 cm³/mol. The number of nitrogens with zero attached hydrogens (tertiary/aromatic N) is 3. The Bertz CT molecular complexity index is 743. The van der Waals surface area contributed by atoms with Crippen molar-refractivity contribution in [2.45, 2.75) is 0 Å². The fraction of sp³-hybridized carbons (Fsp3) is 0.400. The van der Waals surface area contributed by atoms with E-state index in [1.165, 1.54) is 10.6 Å². The highest BCUT2D eigenvalue weighted by molar-refractivity contribution is 5.93. The lowest BCUT2D eigenvalue weighted by Gasteiger charge is -2.22. The van der Waals surface area contributed by atoms with Gasteiger partial charge in [0.2, 0.25) is 0 Å². The molecular formula is C15H17N3O4. The van der Waals surface area contributed by atoms with Gasteiger partial charge >= 0.3 is 0 Å². The molecule has 3 rings (SSSR count). The van der Waals surface area contributed by atoms with E-state index in [1.807, 2.05) is 0 Å². The molecule has 0 unspecified atom stereocenters. The van der Waals surface area contributed by atoms with Gasteiger partial charge in [0.15, 0.2) is 0 Å². The second-order valence-electron chi connectivity index (χ2n) is 5.28. The van der Waals surface area contributed by atoms with Crippen molar-refractivity contribution in [3.8, 4) is 0 Å². The minimum Gasteiger partial charge on any atom is -0.396 e. The maximum Gasteiger partial charge on any atom is 0.270 e. The van der Waals surface area contributed by atoms with Crippen molar-refractivity contribution < 1.29 is 14.6 Å². The van der Waals surface area contributed by atoms with E-state index in [1.54, 1.807) is 29.3 Å². The number of rotatable bonds is 2. The van der Waals surface area contributed by atoms with Crippen LogP contribution in [0.25, 0.3) is 5.65 Å². The van der Waals surface area contributed by atoms with Crippen molar-refractivity contribution in [3.05, 3.63) is 46.5 Å². The van der Waals surface area contributed by atoms with Gasteiger partial charge in [-0.15, -0.1) is 0 Å². The van der Waals surface area contributed by atoms with Gasteiger partial charge in [0, 0.05) is 38.0 Å². The molecule has 1 aliphatic heterocycles. The number of fused-ring (bicyclic) bond motifs is 1. The Balaban J connectivity index is 1.94. The van der Waals surface area contributed by atoms with Crippen LogP contribution in [0.2, 0.25) is 0 Å². The largest absolute Gasteiger partial charge is 0.396 e. The van der Waals surface area contributed by atoms with Crippen molar-refractivity contribution in [3.63, 3.8) is 0 Å². The Kier molecular flexibility index (Phi) is 4.17. The van der Waals surface area contributed by atoms with Crippen LogP contribution in [0, 0.1) is 5.92 Å². The molecule has 1 amide bonds. The standard InChI is InChI=1S/C15H17N3O4/c19-9-11-8-17(5-6-22-10-11)14(20)12-7-16-13-3-1-2-4-18(13)15(12)21/h1-4,7,11,19H,5-6,8-10H2/t11-/m1/s1. The first-order chi connectivity index (χ1) is 10.7. The Morgan fingerprint density at radius 3 is 3.14 bits per heavy atom. The molecular weight excluding hydrogens is 286 g/mol. The highest BCUT2D eigenvalue weighted by Crippen LogP contribution is 2.09. The molecule has 0 saturated carbocycles. The molecule has 116 valence electrons. The number of ether oxygens (including phenoxy) is 1. The number of hydrogen-bond donors (Lipinski definition) is 1. The third-order valence-corrected chi connectivity index (χ3v) is 3.73. The molecule has 1 N–H and O–H groups in total. The maximum atomic E-state index is 12.6. The van der Waals surface area contributed by atoms with Crippen molar-refractivity contribution in [1.82, 2.24) is 14.3 Å². The molecule has 0 aromatic carbocycles. The summed E-state index contributed by atoms with van der Waals surface area (Å²) in [6.45, 7) is 1.51. The van der Waals surface area contributed by atoms with Crippen LogP contribution in [0.3, 0.4) is 0 Å². The molecule has 1 aliphatic rings. The molecule has 7 heteroatoms. The third-order valence-electron chi connectivity index (χ3n) is 3.73. The summed E-state index contributed by atoms with van der Waals surface area (Å²) < 4.78 is 6.71. The van der Waals surface area contributed by atoms with Gasteiger partial charge < -0.3 is 14.7 Å². The second-order valence-corrected chi connectivity index (χ2v) is 5.28. The number of carbonyl (C=O) groups excluding carboxylic acids is 1. The minimum atomic E-state index is -0.388. The lowest BCUT2D eigenvalue weighted by Crippen LogP contribution is -2.39. The molecule has 2 aromatic rings. The number of aliphatic hydroxyl groups is 1. The lowest BCUT2D eigenvalue weighted by molar-refractivity contribution is 0.0726. The summed E-state index contributed by atoms with van der Waals surface area (Å²) >= 11 is 0. The first-order valence-electron chi connectivity index (χ1n) is 7.15. The van der Waals surface area contributed by atoms with Gasteiger partial charge in [0.05, 0.1) is 13.2 Å². The SMILES string of the molecule is O=C(c1cnc2ccccn2c1=O)N1CCOC[C@@H](CO)C1. The summed E-state index contributed by atoms with van der Waals surface area (Å²) in [5.74, 6) is -0.512. The van der Waals surface area contributed by atoms with Crippen LogP contribution in [0.4, 0.5) is 0 Å². The Hall–Kier alpha value is -2.25. The van der Waals surface area contributed by atoms with Crippen molar-refractivity contribution in [1.29, 1.82) is 0 Å². The van der Waals surface area contributed by atoms with E-state index >= 15 is 0 Å². The first kappa shape index (κ1) is 14.7. The smallest absolute Gasteiger partial charge is 0.270 e. The number of carbonyl (C=O) groups is 1. The predicted octanol–water partition coefficient (Wildman–Crippen LogP) is -0.225. The molecule has 3 heterocycles. The average molecular weight is 303 g/mol. The van der Waals surface area contributed by atoms with E-state index in [0.29, 0.717) is 32.0 Å². The minimum absolute atomic E-state index is 0.0299. The van der Waals surface area contributed by atoms with Crippen LogP contribution in [-0.4, -0.2) is 58.2 Å². The highest BCUT2D eigenvalue weighted by Gasteiger charge is 2.25. The number of pyridine rings is 1. The van der Waals surface area contributed by atoms with Crippen LogP contribution < -0.4 is 5.56 Å². The molecule has 0 bridgehead atoms. The van der Waals surface area contributed by atoms with Gasteiger partial charge in [0.1, 0.15) is 11.2 Å². The molecule has 1 atom stereocenters. The quantitative estimate of drug-likeness (QED) is 0.829. The molecule has 1 saturated heterocycles.